The molecule has 6 heteroatoms. The third-order valence-corrected chi connectivity index (χ3v) is 4.03. The number of rotatable bonds is 4. The van der Waals surface area contributed by atoms with Crippen LogP contribution in [0.15, 0.2) is 28.7 Å². The van der Waals surface area contributed by atoms with Crippen LogP contribution in [0.25, 0.3) is 0 Å². The Morgan fingerprint density at radius 3 is 2.95 bits per heavy atom. The van der Waals surface area contributed by atoms with Gasteiger partial charge in [-0.1, -0.05) is 28.1 Å². The number of carboxylic acids is 1. The van der Waals surface area contributed by atoms with Gasteiger partial charge in [0, 0.05) is 4.47 Å². The molecule has 1 amide bonds. The first kappa shape index (κ1) is 15.0. The van der Waals surface area contributed by atoms with Gasteiger partial charge in [0.2, 0.25) is 5.91 Å². The van der Waals surface area contributed by atoms with Gasteiger partial charge in [-0.15, -0.1) is 0 Å². The van der Waals surface area contributed by atoms with E-state index in [1.165, 1.54) is 0 Å². The fraction of sp³-hybridized carbons (Fsp3) is 0.429. The van der Waals surface area contributed by atoms with Crippen molar-refractivity contribution in [2.45, 2.75) is 19.4 Å². The molecular weight excluding hydrogens is 326 g/mol. The number of halogens is 1. The zero-order chi connectivity index (χ0) is 14.8. The average molecular weight is 342 g/mol. The Morgan fingerprint density at radius 2 is 2.30 bits per heavy atom. The number of ether oxygens (including phenoxy) is 1. The maximum absolute atomic E-state index is 12.0. The number of carbonyl (C=O) groups is 2. The minimum absolute atomic E-state index is 0.115. The molecule has 0 aromatic heterocycles. The average Bonchev–Trinajstić information content (AvgIpc) is 2.72. The first-order valence-corrected chi connectivity index (χ1v) is 7.06. The number of amides is 1. The summed E-state index contributed by atoms with van der Waals surface area (Å²) >= 11 is 3.35. The van der Waals surface area contributed by atoms with Crippen LogP contribution < -0.4 is 5.32 Å². The van der Waals surface area contributed by atoms with Crippen LogP contribution in [-0.2, 0) is 20.7 Å². The van der Waals surface area contributed by atoms with Crippen molar-refractivity contribution in [3.8, 4) is 0 Å². The Balaban J connectivity index is 2.00. The number of aliphatic carboxylic acids is 1. The molecule has 1 fully saturated rings. The lowest BCUT2D eigenvalue weighted by Gasteiger charge is -2.25. The standard InChI is InChI=1S/C14H16BrNO4/c1-14(13(18)19)8-20-7-11(14)16-12(17)6-9-3-2-4-10(15)5-9/h2-5,11H,6-8H2,1H3,(H,16,17)(H,18,19). The van der Waals surface area contributed by atoms with Gasteiger partial charge in [-0.25, -0.2) is 0 Å². The number of hydrogen-bond acceptors (Lipinski definition) is 3. The van der Waals surface area contributed by atoms with Gasteiger partial charge >= 0.3 is 5.97 Å². The van der Waals surface area contributed by atoms with Gasteiger partial charge < -0.3 is 15.2 Å². The van der Waals surface area contributed by atoms with Crippen LogP contribution in [0.4, 0.5) is 0 Å². The third kappa shape index (κ3) is 3.19. The van der Waals surface area contributed by atoms with Crippen molar-refractivity contribution in [2.75, 3.05) is 13.2 Å². The van der Waals surface area contributed by atoms with Gasteiger partial charge in [0.15, 0.2) is 0 Å². The molecule has 2 rings (SSSR count). The van der Waals surface area contributed by atoms with E-state index in [9.17, 15) is 14.7 Å². The molecule has 1 aliphatic rings. The SMILES string of the molecule is CC1(C(=O)O)COCC1NC(=O)Cc1cccc(Br)c1. The van der Waals surface area contributed by atoms with E-state index in [4.69, 9.17) is 4.74 Å². The summed E-state index contributed by atoms with van der Waals surface area (Å²) in [4.78, 5) is 23.3. The van der Waals surface area contributed by atoms with Crippen molar-refractivity contribution in [3.63, 3.8) is 0 Å². The van der Waals surface area contributed by atoms with E-state index in [0.29, 0.717) is 0 Å². The summed E-state index contributed by atoms with van der Waals surface area (Å²) in [6.07, 6.45) is 0.214. The summed E-state index contributed by atoms with van der Waals surface area (Å²) < 4.78 is 6.11. The molecule has 0 aliphatic carbocycles. The molecule has 0 bridgehead atoms. The summed E-state index contributed by atoms with van der Waals surface area (Å²) in [5, 5.41) is 12.0. The second kappa shape index (κ2) is 5.93. The van der Waals surface area contributed by atoms with Crippen molar-refractivity contribution in [2.24, 2.45) is 5.41 Å². The molecule has 1 aromatic rings. The minimum atomic E-state index is -1.06. The smallest absolute Gasteiger partial charge is 0.313 e. The Kier molecular flexibility index (Phi) is 4.45. The molecule has 0 radical (unpaired) electrons. The molecule has 0 spiro atoms. The molecule has 20 heavy (non-hydrogen) atoms. The van der Waals surface area contributed by atoms with Crippen LogP contribution in [0.5, 0.6) is 0 Å². The van der Waals surface area contributed by atoms with Gasteiger partial charge in [0.1, 0.15) is 5.41 Å². The highest BCUT2D eigenvalue weighted by molar-refractivity contribution is 9.10. The third-order valence-electron chi connectivity index (χ3n) is 3.53. The second-order valence-electron chi connectivity index (χ2n) is 5.16. The second-order valence-corrected chi connectivity index (χ2v) is 6.08. The van der Waals surface area contributed by atoms with E-state index in [1.54, 1.807) is 6.92 Å². The number of nitrogens with one attached hydrogen (secondary N) is 1. The molecule has 2 N–H and O–H groups in total. The van der Waals surface area contributed by atoms with E-state index in [-0.39, 0.29) is 25.5 Å². The summed E-state index contributed by atoms with van der Waals surface area (Å²) in [7, 11) is 0. The Bertz CT molecular complexity index is 534. The van der Waals surface area contributed by atoms with Crippen LogP contribution in [-0.4, -0.2) is 36.2 Å². The van der Waals surface area contributed by atoms with Crippen LogP contribution in [0.2, 0.25) is 0 Å². The summed E-state index contributed by atoms with van der Waals surface area (Å²) in [6.45, 7) is 1.93. The monoisotopic (exact) mass is 341 g/mol. The lowest BCUT2D eigenvalue weighted by atomic mass is 9.85. The highest BCUT2D eigenvalue weighted by Gasteiger charge is 2.47. The molecular formula is C14H16BrNO4. The molecule has 1 saturated heterocycles. The number of benzene rings is 1. The number of carbonyl (C=O) groups excluding carboxylic acids is 1. The number of hydrogen-bond donors (Lipinski definition) is 2. The lowest BCUT2D eigenvalue weighted by Crippen LogP contribution is -2.50. The largest absolute Gasteiger partial charge is 0.481 e. The predicted octanol–water partition coefficient (Wildman–Crippen LogP) is 1.60. The zero-order valence-corrected chi connectivity index (χ0v) is 12.6. The fourth-order valence-corrected chi connectivity index (χ4v) is 2.61. The van der Waals surface area contributed by atoms with Gasteiger partial charge in [0.05, 0.1) is 25.7 Å². The normalized spacial score (nSPS) is 25.4. The van der Waals surface area contributed by atoms with E-state index in [0.717, 1.165) is 10.0 Å². The van der Waals surface area contributed by atoms with Crippen molar-refractivity contribution in [1.29, 1.82) is 0 Å². The summed E-state index contributed by atoms with van der Waals surface area (Å²) in [5.41, 5.74) is -0.194. The molecule has 1 aliphatic heterocycles. The fourth-order valence-electron chi connectivity index (χ4n) is 2.16. The molecule has 5 nitrogen and oxygen atoms in total. The van der Waals surface area contributed by atoms with Gasteiger partial charge in [-0.3, -0.25) is 9.59 Å². The van der Waals surface area contributed by atoms with E-state index in [2.05, 4.69) is 21.2 Å². The molecule has 0 saturated carbocycles. The lowest BCUT2D eigenvalue weighted by molar-refractivity contribution is -0.149. The Hall–Kier alpha value is -1.40. The van der Waals surface area contributed by atoms with Crippen LogP contribution in [0.3, 0.4) is 0 Å². The molecule has 1 heterocycles. The van der Waals surface area contributed by atoms with E-state index >= 15 is 0 Å². The molecule has 2 unspecified atom stereocenters. The van der Waals surface area contributed by atoms with E-state index < -0.39 is 17.4 Å². The van der Waals surface area contributed by atoms with Gasteiger partial charge in [-0.2, -0.15) is 0 Å². The topological polar surface area (TPSA) is 75.6 Å². The van der Waals surface area contributed by atoms with Crippen molar-refractivity contribution < 1.29 is 19.4 Å². The Morgan fingerprint density at radius 1 is 1.55 bits per heavy atom. The maximum Gasteiger partial charge on any atom is 0.313 e. The number of carboxylic acid groups (broad SMARTS) is 1. The first-order chi connectivity index (χ1) is 9.41. The van der Waals surface area contributed by atoms with Crippen molar-refractivity contribution in [1.82, 2.24) is 5.32 Å². The van der Waals surface area contributed by atoms with Crippen LogP contribution >= 0.6 is 15.9 Å². The Labute approximate surface area is 125 Å². The minimum Gasteiger partial charge on any atom is -0.481 e. The predicted molar refractivity (Wildman–Crippen MR) is 76.3 cm³/mol. The van der Waals surface area contributed by atoms with Crippen LogP contribution in [0, 0.1) is 5.41 Å². The van der Waals surface area contributed by atoms with E-state index in [1.807, 2.05) is 24.3 Å². The van der Waals surface area contributed by atoms with Gasteiger partial charge in [0.25, 0.3) is 0 Å². The van der Waals surface area contributed by atoms with Crippen molar-refractivity contribution in [3.05, 3.63) is 34.3 Å². The quantitative estimate of drug-likeness (QED) is 0.872. The molecule has 108 valence electrons. The highest BCUT2D eigenvalue weighted by atomic mass is 79.9. The van der Waals surface area contributed by atoms with Crippen molar-refractivity contribution >= 4 is 27.8 Å². The van der Waals surface area contributed by atoms with Gasteiger partial charge in [-0.05, 0) is 24.6 Å². The summed E-state index contributed by atoms with van der Waals surface area (Å²) in [6, 6.07) is 6.95. The molecule has 2 atom stereocenters. The highest BCUT2D eigenvalue weighted by Crippen LogP contribution is 2.28. The zero-order valence-electron chi connectivity index (χ0n) is 11.1. The maximum atomic E-state index is 12.0. The van der Waals surface area contributed by atoms with Crippen LogP contribution in [0.1, 0.15) is 12.5 Å². The first-order valence-electron chi connectivity index (χ1n) is 6.27. The molecule has 1 aromatic carbocycles. The summed E-state index contributed by atoms with van der Waals surface area (Å²) in [5.74, 6) is -1.16.